The summed E-state index contributed by atoms with van der Waals surface area (Å²) in [6.45, 7) is 2.49. The molecule has 1 unspecified atom stereocenters. The normalized spacial score (nSPS) is 18.0. The van der Waals surface area contributed by atoms with Crippen LogP contribution in [0.15, 0.2) is 36.5 Å². The average Bonchev–Trinajstić information content (AvgIpc) is 2.63. The Kier molecular flexibility index (Phi) is 4.89. The van der Waals surface area contributed by atoms with Crippen LogP contribution in [-0.4, -0.2) is 28.9 Å². The third kappa shape index (κ3) is 3.52. The molecule has 1 fully saturated rings. The highest BCUT2D eigenvalue weighted by Crippen LogP contribution is 2.38. The summed E-state index contributed by atoms with van der Waals surface area (Å²) in [7, 11) is 0. The zero-order valence-corrected chi connectivity index (χ0v) is 14.4. The van der Waals surface area contributed by atoms with Gasteiger partial charge in [0.15, 0.2) is 0 Å². The van der Waals surface area contributed by atoms with Gasteiger partial charge in [-0.2, -0.15) is 13.2 Å². The maximum Gasteiger partial charge on any atom is 0.416 e. The first kappa shape index (κ1) is 18.2. The van der Waals surface area contributed by atoms with Crippen molar-refractivity contribution in [3.8, 4) is 0 Å². The second-order valence-corrected chi connectivity index (χ2v) is 6.54. The van der Waals surface area contributed by atoms with Crippen molar-refractivity contribution in [2.24, 2.45) is 0 Å². The number of piperidine rings is 1. The summed E-state index contributed by atoms with van der Waals surface area (Å²) in [4.78, 5) is 18.4. The molecule has 1 aromatic carbocycles. The molecule has 26 heavy (non-hydrogen) atoms. The summed E-state index contributed by atoms with van der Waals surface area (Å²) in [5.74, 6) is -0.275. The number of carbonyl (C=O) groups excluding carboxylic acids is 1. The molecule has 0 radical (unpaired) electrons. The Labute approximate surface area is 149 Å². The number of alkyl halides is 3. The SMILES string of the molecule is Cc1c(C(=O)N2CCCC(c3ccccc3C(F)(F)F)C2)ccnc1N. The first-order valence-corrected chi connectivity index (χ1v) is 8.45. The van der Waals surface area contributed by atoms with Gasteiger partial charge >= 0.3 is 6.18 Å². The van der Waals surface area contributed by atoms with E-state index >= 15 is 0 Å². The van der Waals surface area contributed by atoms with Crippen molar-refractivity contribution in [3.63, 3.8) is 0 Å². The number of rotatable bonds is 2. The van der Waals surface area contributed by atoms with Gasteiger partial charge in [-0.05, 0) is 37.5 Å². The molecule has 1 amide bonds. The van der Waals surface area contributed by atoms with Crippen LogP contribution in [0.4, 0.5) is 19.0 Å². The molecule has 3 rings (SSSR count). The van der Waals surface area contributed by atoms with E-state index < -0.39 is 11.7 Å². The molecule has 1 saturated heterocycles. The summed E-state index contributed by atoms with van der Waals surface area (Å²) >= 11 is 0. The van der Waals surface area contributed by atoms with Crippen molar-refractivity contribution in [1.82, 2.24) is 9.88 Å². The van der Waals surface area contributed by atoms with Crippen LogP contribution in [0, 0.1) is 6.92 Å². The average molecular weight is 363 g/mol. The fourth-order valence-corrected chi connectivity index (χ4v) is 3.48. The Bertz CT molecular complexity index is 820. The van der Waals surface area contributed by atoms with Gasteiger partial charge < -0.3 is 10.6 Å². The zero-order chi connectivity index (χ0) is 18.9. The van der Waals surface area contributed by atoms with Crippen molar-refractivity contribution in [2.45, 2.75) is 31.9 Å². The highest BCUT2D eigenvalue weighted by molar-refractivity contribution is 5.96. The number of halogens is 3. The van der Waals surface area contributed by atoms with E-state index in [1.807, 2.05) is 0 Å². The lowest BCUT2D eigenvalue weighted by atomic mass is 9.87. The van der Waals surface area contributed by atoms with Gasteiger partial charge in [0.2, 0.25) is 0 Å². The number of nitrogens with two attached hydrogens (primary N) is 1. The van der Waals surface area contributed by atoms with Crippen LogP contribution in [0.3, 0.4) is 0 Å². The van der Waals surface area contributed by atoms with Crippen LogP contribution >= 0.6 is 0 Å². The number of nitrogens with zero attached hydrogens (tertiary/aromatic N) is 2. The molecule has 1 aliphatic rings. The summed E-state index contributed by atoms with van der Waals surface area (Å²) in [5.41, 5.74) is 6.44. The van der Waals surface area contributed by atoms with Gasteiger partial charge in [-0.3, -0.25) is 4.79 Å². The molecule has 138 valence electrons. The molecule has 2 N–H and O–H groups in total. The number of benzene rings is 1. The highest BCUT2D eigenvalue weighted by atomic mass is 19.4. The Morgan fingerprint density at radius 1 is 1.27 bits per heavy atom. The lowest BCUT2D eigenvalue weighted by Crippen LogP contribution is -2.39. The van der Waals surface area contributed by atoms with Crippen molar-refractivity contribution in [2.75, 3.05) is 18.8 Å². The Morgan fingerprint density at radius 3 is 2.73 bits per heavy atom. The van der Waals surface area contributed by atoms with E-state index in [9.17, 15) is 18.0 Å². The first-order valence-electron chi connectivity index (χ1n) is 8.45. The largest absolute Gasteiger partial charge is 0.416 e. The molecule has 0 aliphatic carbocycles. The van der Waals surface area contributed by atoms with E-state index in [4.69, 9.17) is 5.73 Å². The van der Waals surface area contributed by atoms with Gasteiger partial charge in [0.25, 0.3) is 5.91 Å². The fourth-order valence-electron chi connectivity index (χ4n) is 3.48. The third-order valence-corrected chi connectivity index (χ3v) is 4.89. The minimum Gasteiger partial charge on any atom is -0.383 e. The smallest absolute Gasteiger partial charge is 0.383 e. The number of aromatic nitrogens is 1. The number of pyridine rings is 1. The first-order chi connectivity index (χ1) is 12.3. The third-order valence-electron chi connectivity index (χ3n) is 4.89. The number of nitrogen functional groups attached to an aromatic ring is 1. The summed E-state index contributed by atoms with van der Waals surface area (Å²) in [6, 6.07) is 7.21. The van der Waals surface area contributed by atoms with Crippen molar-refractivity contribution in [3.05, 3.63) is 58.8 Å². The quantitative estimate of drug-likeness (QED) is 0.877. The number of carbonyl (C=O) groups is 1. The summed E-state index contributed by atoms with van der Waals surface area (Å²) < 4.78 is 40.0. The van der Waals surface area contributed by atoms with Crippen LogP contribution in [-0.2, 0) is 6.18 Å². The molecule has 4 nitrogen and oxygen atoms in total. The molecule has 0 bridgehead atoms. The second kappa shape index (κ2) is 6.97. The van der Waals surface area contributed by atoms with Gasteiger partial charge in [-0.1, -0.05) is 18.2 Å². The van der Waals surface area contributed by atoms with Gasteiger partial charge in [0, 0.05) is 36.3 Å². The lowest BCUT2D eigenvalue weighted by molar-refractivity contribution is -0.138. The Morgan fingerprint density at radius 2 is 2.00 bits per heavy atom. The van der Waals surface area contributed by atoms with E-state index in [0.717, 1.165) is 6.07 Å². The molecule has 2 aromatic rings. The van der Waals surface area contributed by atoms with E-state index in [1.165, 1.54) is 18.3 Å². The minimum absolute atomic E-state index is 0.217. The van der Waals surface area contributed by atoms with Gasteiger partial charge in [0.1, 0.15) is 5.82 Å². The topological polar surface area (TPSA) is 59.2 Å². The monoisotopic (exact) mass is 363 g/mol. The number of anilines is 1. The van der Waals surface area contributed by atoms with E-state index in [-0.39, 0.29) is 29.8 Å². The number of likely N-dealkylation sites (tertiary alicyclic amines) is 1. The number of amides is 1. The van der Waals surface area contributed by atoms with Gasteiger partial charge in [0.05, 0.1) is 5.56 Å². The van der Waals surface area contributed by atoms with Crippen molar-refractivity contribution < 1.29 is 18.0 Å². The maximum absolute atomic E-state index is 13.3. The molecule has 2 heterocycles. The lowest BCUT2D eigenvalue weighted by Gasteiger charge is -2.34. The highest BCUT2D eigenvalue weighted by Gasteiger charge is 2.36. The minimum atomic E-state index is -4.40. The summed E-state index contributed by atoms with van der Waals surface area (Å²) in [5, 5.41) is 0. The maximum atomic E-state index is 13.3. The number of hydrogen-bond donors (Lipinski definition) is 1. The van der Waals surface area contributed by atoms with Gasteiger partial charge in [-0.25, -0.2) is 4.98 Å². The van der Waals surface area contributed by atoms with Crippen LogP contribution < -0.4 is 5.73 Å². The van der Waals surface area contributed by atoms with Crippen LogP contribution in [0.5, 0.6) is 0 Å². The van der Waals surface area contributed by atoms with Crippen molar-refractivity contribution >= 4 is 11.7 Å². The molecule has 1 aliphatic heterocycles. The molecule has 1 aromatic heterocycles. The molecule has 1 atom stereocenters. The summed E-state index contributed by atoms with van der Waals surface area (Å²) in [6.07, 6.45) is -1.66. The van der Waals surface area contributed by atoms with Crippen molar-refractivity contribution in [1.29, 1.82) is 0 Å². The Hall–Kier alpha value is -2.57. The van der Waals surface area contributed by atoms with Gasteiger partial charge in [-0.15, -0.1) is 0 Å². The second-order valence-electron chi connectivity index (χ2n) is 6.54. The predicted molar refractivity (Wildman–Crippen MR) is 92.7 cm³/mol. The van der Waals surface area contributed by atoms with Crippen LogP contribution in [0.1, 0.15) is 45.8 Å². The standard InChI is InChI=1S/C19H20F3N3O/c1-12-14(8-9-24-17(12)23)18(26)25-10-4-5-13(11-25)15-6-2-3-7-16(15)19(20,21)22/h2-3,6-9,13H,4-5,10-11H2,1H3,(H2,23,24). The fraction of sp³-hybridized carbons (Fsp3) is 0.368. The zero-order valence-electron chi connectivity index (χ0n) is 14.4. The molecular formula is C19H20F3N3O. The van der Waals surface area contributed by atoms with E-state index in [1.54, 1.807) is 24.0 Å². The molecule has 0 spiro atoms. The molecule has 0 saturated carbocycles. The van der Waals surface area contributed by atoms with Crippen LogP contribution in [0.2, 0.25) is 0 Å². The number of hydrogen-bond acceptors (Lipinski definition) is 3. The predicted octanol–water partition coefficient (Wildman–Crippen LogP) is 4.01. The van der Waals surface area contributed by atoms with Crippen LogP contribution in [0.25, 0.3) is 0 Å². The molecular weight excluding hydrogens is 343 g/mol. The molecule has 7 heteroatoms. The Balaban J connectivity index is 1.87. The van der Waals surface area contributed by atoms with E-state index in [2.05, 4.69) is 4.98 Å². The van der Waals surface area contributed by atoms with E-state index in [0.29, 0.717) is 30.5 Å².